The fraction of sp³-hybridized carbons (Fsp3) is 0. The van der Waals surface area contributed by atoms with Crippen LogP contribution in [0.1, 0.15) is 0 Å². The quantitative estimate of drug-likeness (QED) is 0.511. The summed E-state index contributed by atoms with van der Waals surface area (Å²) < 4.78 is 85.3. The van der Waals surface area contributed by atoms with Crippen molar-refractivity contribution in [3.63, 3.8) is 0 Å². The highest BCUT2D eigenvalue weighted by Gasteiger charge is 2.36. The molecule has 0 radical (unpaired) electrons. The zero-order valence-corrected chi connectivity index (χ0v) is 6.95. The molecule has 0 aliphatic rings. The normalized spacial score (nSPS) is 13.1. The minimum atomic E-state index is -6.34. The number of benzene rings is 1. The van der Waals surface area contributed by atoms with Gasteiger partial charge in [-0.05, 0) is 0 Å². The topological polar surface area (TPSA) is 0 Å². The fourth-order valence-corrected chi connectivity index (χ4v) is 1.36. The van der Waals surface area contributed by atoms with E-state index in [0.717, 1.165) is 0 Å². The van der Waals surface area contributed by atoms with E-state index in [0.29, 0.717) is 0 Å². The van der Waals surface area contributed by atoms with Crippen LogP contribution in [-0.2, 0) is 0 Å². The van der Waals surface area contributed by atoms with Crippen molar-refractivity contribution in [3.8, 4) is 0 Å². The number of hydrogen-bond donors (Lipinski definition) is 0. The molecule has 0 spiro atoms. The Balaban J connectivity index is 3.56. The molecule has 8 heteroatoms. The van der Waals surface area contributed by atoms with E-state index in [-0.39, 0.29) is 6.07 Å². The van der Waals surface area contributed by atoms with Crippen LogP contribution in [0.15, 0.2) is 11.0 Å². The largest absolute Gasteiger partial charge is 0.243 e. The Kier molecular flexibility index (Phi) is 2.66. The third-order valence-corrected chi connectivity index (χ3v) is 2.12. The Morgan fingerprint density at radius 1 is 0.786 bits per heavy atom. The Morgan fingerprint density at radius 3 is 1.43 bits per heavy atom. The van der Waals surface area contributed by atoms with E-state index >= 15 is 0 Å². The van der Waals surface area contributed by atoms with Gasteiger partial charge in [-0.2, -0.15) is 0 Å². The molecule has 1 aromatic carbocycles. The van der Waals surface area contributed by atoms with Gasteiger partial charge in [0, 0.05) is 6.07 Å². The van der Waals surface area contributed by atoms with Crippen LogP contribution >= 0.6 is 11.2 Å². The minimum Gasteiger partial charge on any atom is -0.204 e. The second-order valence-electron chi connectivity index (χ2n) is 2.20. The highest BCUT2D eigenvalue weighted by molar-refractivity contribution is 8.20. The first-order chi connectivity index (χ1) is 6.25. The first-order valence-corrected chi connectivity index (χ1v) is 4.33. The highest BCUT2D eigenvalue weighted by atomic mass is 32.3. The summed E-state index contributed by atoms with van der Waals surface area (Å²) in [5, 5.41) is 0. The van der Waals surface area contributed by atoms with Crippen LogP contribution in [0.25, 0.3) is 0 Å². The summed E-state index contributed by atoms with van der Waals surface area (Å²) in [6, 6.07) is -0.278. The smallest absolute Gasteiger partial charge is 0.204 e. The van der Waals surface area contributed by atoms with E-state index < -0.39 is 39.4 Å². The molecule has 0 saturated heterocycles. The molecule has 0 amide bonds. The zero-order valence-electron chi connectivity index (χ0n) is 6.13. The summed E-state index contributed by atoms with van der Waals surface area (Å²) in [5.41, 5.74) is 0. The fourth-order valence-electron chi connectivity index (χ4n) is 0.754. The van der Waals surface area contributed by atoms with Gasteiger partial charge in [-0.25, -0.2) is 17.6 Å². The predicted octanol–water partition coefficient (Wildman–Crippen LogP) is 4.06. The van der Waals surface area contributed by atoms with Crippen LogP contribution < -0.4 is 0 Å². The molecule has 0 nitrogen and oxygen atoms in total. The molecule has 0 bridgehead atoms. The molecule has 1 aromatic rings. The van der Waals surface area contributed by atoms with Crippen molar-refractivity contribution < 1.29 is 29.2 Å². The lowest BCUT2D eigenvalue weighted by atomic mass is 10.3. The van der Waals surface area contributed by atoms with Crippen molar-refractivity contribution in [3.05, 3.63) is 29.3 Å². The van der Waals surface area contributed by atoms with Crippen molar-refractivity contribution in [2.45, 2.75) is 4.90 Å². The summed E-state index contributed by atoms with van der Waals surface area (Å²) in [6.07, 6.45) is 0. The molecule has 0 aromatic heterocycles. The molecule has 0 unspecified atom stereocenters. The molecule has 14 heavy (non-hydrogen) atoms. The maximum absolute atomic E-state index is 12.5. The van der Waals surface area contributed by atoms with Gasteiger partial charge in [0.25, 0.3) is 0 Å². The van der Waals surface area contributed by atoms with E-state index in [2.05, 4.69) is 0 Å². The van der Waals surface area contributed by atoms with Gasteiger partial charge in [-0.15, -0.1) is 11.7 Å². The SMILES string of the molecule is Fc1cc(F)c(F)c(S(F)(F)F)c1F. The van der Waals surface area contributed by atoms with Gasteiger partial charge in [0.2, 0.25) is 11.2 Å². The Hall–Kier alpha value is -0.920. The van der Waals surface area contributed by atoms with Gasteiger partial charge in [0.1, 0.15) is 0 Å². The van der Waals surface area contributed by atoms with Crippen LogP contribution in [0.5, 0.6) is 0 Å². The number of halogens is 7. The van der Waals surface area contributed by atoms with E-state index in [1.165, 1.54) is 0 Å². The summed E-state index contributed by atoms with van der Waals surface area (Å²) in [4.78, 5) is -2.48. The van der Waals surface area contributed by atoms with Crippen LogP contribution in [0, 0.1) is 23.3 Å². The molecule has 80 valence electrons. The standard InChI is InChI=1S/C6HF7S/c7-2-1-3(8)5(10)6(4(2)9)14(11,12)13/h1H. The van der Waals surface area contributed by atoms with Crippen LogP contribution in [-0.4, -0.2) is 0 Å². The summed E-state index contributed by atoms with van der Waals surface area (Å²) >= 11 is -6.34. The van der Waals surface area contributed by atoms with Crippen molar-refractivity contribution in [1.82, 2.24) is 0 Å². The third kappa shape index (κ3) is 1.79. The molecule has 0 N–H and O–H groups in total. The molecule has 0 aliphatic heterocycles. The van der Waals surface area contributed by atoms with Gasteiger partial charge >= 0.3 is 0 Å². The highest BCUT2D eigenvalue weighted by Crippen LogP contribution is 2.62. The lowest BCUT2D eigenvalue weighted by Crippen LogP contribution is -2.00. The van der Waals surface area contributed by atoms with Crippen molar-refractivity contribution in [1.29, 1.82) is 0 Å². The Bertz CT molecular complexity index is 343. The van der Waals surface area contributed by atoms with Gasteiger partial charge in [-0.1, -0.05) is 0 Å². The van der Waals surface area contributed by atoms with Crippen molar-refractivity contribution in [2.75, 3.05) is 0 Å². The molecule has 1 rings (SSSR count). The van der Waals surface area contributed by atoms with Gasteiger partial charge in [0.05, 0.1) is 0 Å². The number of hydrogen-bond acceptors (Lipinski definition) is 0. The lowest BCUT2D eigenvalue weighted by molar-refractivity contribution is 0.415. The molecule has 0 atom stereocenters. The average molecular weight is 238 g/mol. The summed E-state index contributed by atoms with van der Waals surface area (Å²) in [7, 11) is 0. The predicted molar refractivity (Wildman–Crippen MR) is 35.5 cm³/mol. The second kappa shape index (κ2) is 3.34. The Morgan fingerprint density at radius 2 is 1.14 bits per heavy atom. The molecule has 0 aliphatic carbocycles. The van der Waals surface area contributed by atoms with E-state index in [9.17, 15) is 29.2 Å². The third-order valence-electron chi connectivity index (χ3n) is 1.30. The van der Waals surface area contributed by atoms with Crippen LogP contribution in [0.4, 0.5) is 29.2 Å². The molecule has 0 heterocycles. The first-order valence-electron chi connectivity index (χ1n) is 3.00. The summed E-state index contributed by atoms with van der Waals surface area (Å²) in [5.74, 6) is -8.95. The van der Waals surface area contributed by atoms with Crippen molar-refractivity contribution in [2.24, 2.45) is 0 Å². The van der Waals surface area contributed by atoms with Gasteiger partial charge in [-0.3, -0.25) is 0 Å². The molecule has 0 saturated carbocycles. The van der Waals surface area contributed by atoms with E-state index in [1.54, 1.807) is 0 Å². The lowest BCUT2D eigenvalue weighted by Gasteiger charge is -2.12. The monoisotopic (exact) mass is 238 g/mol. The van der Waals surface area contributed by atoms with Crippen LogP contribution in [0.2, 0.25) is 0 Å². The minimum absolute atomic E-state index is 0.278. The van der Waals surface area contributed by atoms with Crippen LogP contribution in [0.3, 0.4) is 0 Å². The van der Waals surface area contributed by atoms with Gasteiger partial charge < -0.3 is 0 Å². The average Bonchev–Trinajstić information content (AvgIpc) is 1.98. The molecular formula is C6HF7S. The van der Waals surface area contributed by atoms with E-state index in [4.69, 9.17) is 0 Å². The number of rotatable bonds is 1. The second-order valence-corrected chi connectivity index (χ2v) is 3.42. The zero-order chi connectivity index (χ0) is 11.1. The molecular weight excluding hydrogens is 237 g/mol. The summed E-state index contributed by atoms with van der Waals surface area (Å²) in [6.45, 7) is 0. The maximum atomic E-state index is 12.5. The van der Waals surface area contributed by atoms with Gasteiger partial charge in [0.15, 0.2) is 28.2 Å². The maximum Gasteiger partial charge on any atom is 0.243 e. The van der Waals surface area contributed by atoms with E-state index in [1.807, 2.05) is 0 Å². The Labute approximate surface area is 75.5 Å². The van der Waals surface area contributed by atoms with Crippen molar-refractivity contribution >= 4 is 11.2 Å². The first kappa shape index (κ1) is 11.2. The molecule has 0 fully saturated rings.